The van der Waals surface area contributed by atoms with E-state index < -0.39 is 0 Å². The number of rotatable bonds is 3. The zero-order chi connectivity index (χ0) is 6.85. The first kappa shape index (κ1) is 7.10. The quantitative estimate of drug-likeness (QED) is 0.593. The first-order chi connectivity index (χ1) is 4.25. The lowest BCUT2D eigenvalue weighted by Gasteiger charge is -1.95. The molecule has 0 aromatic rings. The molecule has 0 heterocycles. The Hall–Kier alpha value is -0.0100. The van der Waals surface area contributed by atoms with Crippen molar-refractivity contribution in [2.45, 2.75) is 19.4 Å². The highest BCUT2D eigenvalue weighted by Gasteiger charge is 2.39. The van der Waals surface area contributed by atoms with Gasteiger partial charge >= 0.3 is 0 Å². The maximum Gasteiger partial charge on any atom is 0.0659 e. The van der Waals surface area contributed by atoms with Gasteiger partial charge in [0.1, 0.15) is 0 Å². The summed E-state index contributed by atoms with van der Waals surface area (Å²) in [5.41, 5.74) is 0. The van der Waals surface area contributed by atoms with Gasteiger partial charge in [-0.2, -0.15) is 0 Å². The van der Waals surface area contributed by atoms with Crippen LogP contribution in [0.25, 0.3) is 0 Å². The standard InChI is InChI=1S/C7H11ClO/c1-3-9-7-4-6(7)5(2)8/h6-7H,2-4H2,1H3/t6-,7+/m1/s1. The minimum Gasteiger partial charge on any atom is -0.378 e. The van der Waals surface area contributed by atoms with E-state index in [2.05, 4.69) is 6.58 Å². The lowest BCUT2D eigenvalue weighted by molar-refractivity contribution is 0.125. The van der Waals surface area contributed by atoms with Crippen molar-refractivity contribution >= 4 is 11.6 Å². The monoisotopic (exact) mass is 146 g/mol. The van der Waals surface area contributed by atoms with Crippen LogP contribution in [-0.4, -0.2) is 12.7 Å². The summed E-state index contributed by atoms with van der Waals surface area (Å²) >= 11 is 5.63. The van der Waals surface area contributed by atoms with Crippen LogP contribution in [0.1, 0.15) is 13.3 Å². The van der Waals surface area contributed by atoms with Gasteiger partial charge in [-0.1, -0.05) is 18.2 Å². The van der Waals surface area contributed by atoms with Crippen molar-refractivity contribution in [2.24, 2.45) is 5.92 Å². The molecule has 52 valence electrons. The largest absolute Gasteiger partial charge is 0.378 e. The van der Waals surface area contributed by atoms with Crippen LogP contribution in [0.3, 0.4) is 0 Å². The van der Waals surface area contributed by atoms with Crippen molar-refractivity contribution in [2.75, 3.05) is 6.61 Å². The van der Waals surface area contributed by atoms with Crippen LogP contribution in [0, 0.1) is 5.92 Å². The SMILES string of the molecule is C=C(Cl)[C@H]1C[C@@H]1OCC. The van der Waals surface area contributed by atoms with E-state index in [1.165, 1.54) is 0 Å². The maximum absolute atomic E-state index is 5.63. The van der Waals surface area contributed by atoms with E-state index in [0.29, 0.717) is 12.0 Å². The summed E-state index contributed by atoms with van der Waals surface area (Å²) in [7, 11) is 0. The van der Waals surface area contributed by atoms with Gasteiger partial charge in [-0.3, -0.25) is 0 Å². The molecule has 0 unspecified atom stereocenters. The molecule has 0 aromatic carbocycles. The van der Waals surface area contributed by atoms with Gasteiger partial charge in [0.2, 0.25) is 0 Å². The van der Waals surface area contributed by atoms with Gasteiger partial charge in [-0.05, 0) is 13.3 Å². The molecular weight excluding hydrogens is 136 g/mol. The summed E-state index contributed by atoms with van der Waals surface area (Å²) in [4.78, 5) is 0. The van der Waals surface area contributed by atoms with Crippen LogP contribution in [0.15, 0.2) is 11.6 Å². The van der Waals surface area contributed by atoms with E-state index in [1.807, 2.05) is 6.92 Å². The van der Waals surface area contributed by atoms with Crippen molar-refractivity contribution in [1.29, 1.82) is 0 Å². The molecule has 1 rings (SSSR count). The first-order valence-corrected chi connectivity index (χ1v) is 3.59. The minimum absolute atomic E-state index is 0.375. The molecule has 2 atom stereocenters. The molecule has 0 bridgehead atoms. The third-order valence-electron chi connectivity index (χ3n) is 1.51. The van der Waals surface area contributed by atoms with Crippen LogP contribution in [0.2, 0.25) is 0 Å². The summed E-state index contributed by atoms with van der Waals surface area (Å²) in [5.74, 6) is 0.437. The molecule has 1 aliphatic carbocycles. The summed E-state index contributed by atoms with van der Waals surface area (Å²) in [6.45, 7) is 6.41. The van der Waals surface area contributed by atoms with Gasteiger partial charge < -0.3 is 4.74 Å². The number of ether oxygens (including phenoxy) is 1. The van der Waals surface area contributed by atoms with Crippen LogP contribution in [0.4, 0.5) is 0 Å². The molecule has 2 heteroatoms. The highest BCUT2D eigenvalue weighted by atomic mass is 35.5. The molecule has 1 aliphatic rings. The Balaban J connectivity index is 2.17. The van der Waals surface area contributed by atoms with Crippen molar-refractivity contribution in [1.82, 2.24) is 0 Å². The average Bonchev–Trinajstić information content (AvgIpc) is 2.47. The van der Waals surface area contributed by atoms with Gasteiger partial charge in [0, 0.05) is 17.6 Å². The third-order valence-corrected chi connectivity index (χ3v) is 1.80. The molecule has 1 fully saturated rings. The Bertz CT molecular complexity index is 122. The predicted octanol–water partition coefficient (Wildman–Crippen LogP) is 2.16. The molecule has 0 aliphatic heterocycles. The normalized spacial score (nSPS) is 32.2. The fourth-order valence-electron chi connectivity index (χ4n) is 0.900. The molecule has 1 nitrogen and oxygen atoms in total. The Morgan fingerprint density at radius 2 is 2.56 bits per heavy atom. The van der Waals surface area contributed by atoms with Gasteiger partial charge in [-0.15, -0.1) is 0 Å². The molecule has 9 heavy (non-hydrogen) atoms. The van der Waals surface area contributed by atoms with E-state index in [4.69, 9.17) is 16.3 Å². The lowest BCUT2D eigenvalue weighted by atomic mass is 10.4. The van der Waals surface area contributed by atoms with E-state index in [1.54, 1.807) is 0 Å². The predicted molar refractivity (Wildman–Crippen MR) is 38.5 cm³/mol. The van der Waals surface area contributed by atoms with Crippen LogP contribution in [0.5, 0.6) is 0 Å². The lowest BCUT2D eigenvalue weighted by Crippen LogP contribution is -1.95. The first-order valence-electron chi connectivity index (χ1n) is 3.21. The van der Waals surface area contributed by atoms with Gasteiger partial charge in [0.25, 0.3) is 0 Å². The molecule has 0 amide bonds. The Labute approximate surface area is 60.7 Å². The topological polar surface area (TPSA) is 9.23 Å². The second-order valence-electron chi connectivity index (χ2n) is 2.28. The molecule has 1 saturated carbocycles. The van der Waals surface area contributed by atoms with Crippen LogP contribution < -0.4 is 0 Å². The van der Waals surface area contributed by atoms with E-state index in [-0.39, 0.29) is 0 Å². The zero-order valence-electron chi connectivity index (χ0n) is 5.56. The van der Waals surface area contributed by atoms with Crippen molar-refractivity contribution in [3.63, 3.8) is 0 Å². The fraction of sp³-hybridized carbons (Fsp3) is 0.714. The second-order valence-corrected chi connectivity index (χ2v) is 2.77. The number of hydrogen-bond acceptors (Lipinski definition) is 1. The van der Waals surface area contributed by atoms with E-state index >= 15 is 0 Å². The van der Waals surface area contributed by atoms with Crippen LogP contribution >= 0.6 is 11.6 Å². The van der Waals surface area contributed by atoms with Crippen molar-refractivity contribution < 1.29 is 4.74 Å². The van der Waals surface area contributed by atoms with E-state index in [9.17, 15) is 0 Å². The van der Waals surface area contributed by atoms with Crippen molar-refractivity contribution in [3.8, 4) is 0 Å². The molecule has 0 saturated heterocycles. The molecule has 0 N–H and O–H groups in total. The molecule has 0 aromatic heterocycles. The van der Waals surface area contributed by atoms with Crippen molar-refractivity contribution in [3.05, 3.63) is 11.6 Å². The molecule has 0 spiro atoms. The average molecular weight is 147 g/mol. The smallest absolute Gasteiger partial charge is 0.0659 e. The summed E-state index contributed by atoms with van der Waals surface area (Å²) in [6.07, 6.45) is 1.44. The highest BCUT2D eigenvalue weighted by Crippen LogP contribution is 2.40. The van der Waals surface area contributed by atoms with Gasteiger partial charge in [0.05, 0.1) is 6.10 Å². The summed E-state index contributed by atoms with van der Waals surface area (Å²) in [5, 5.41) is 0.744. The second kappa shape index (κ2) is 2.72. The fourth-order valence-corrected chi connectivity index (χ4v) is 1.13. The number of hydrogen-bond donors (Lipinski definition) is 0. The Kier molecular flexibility index (Phi) is 2.14. The third kappa shape index (κ3) is 1.70. The summed E-state index contributed by atoms with van der Waals surface area (Å²) in [6, 6.07) is 0. The molecular formula is C7H11ClO. The van der Waals surface area contributed by atoms with Gasteiger partial charge in [-0.25, -0.2) is 0 Å². The Morgan fingerprint density at radius 3 is 2.89 bits per heavy atom. The van der Waals surface area contributed by atoms with E-state index in [0.717, 1.165) is 18.1 Å². The van der Waals surface area contributed by atoms with Crippen LogP contribution in [-0.2, 0) is 4.74 Å². The number of halogens is 1. The maximum atomic E-state index is 5.63. The molecule has 0 radical (unpaired) electrons. The van der Waals surface area contributed by atoms with Gasteiger partial charge in [0.15, 0.2) is 0 Å². The summed E-state index contributed by atoms with van der Waals surface area (Å²) < 4.78 is 5.28. The minimum atomic E-state index is 0.375. The highest BCUT2D eigenvalue weighted by molar-refractivity contribution is 6.29. The zero-order valence-corrected chi connectivity index (χ0v) is 6.32. The Morgan fingerprint density at radius 1 is 1.89 bits per heavy atom.